The van der Waals surface area contributed by atoms with Crippen LogP contribution in [0.25, 0.3) is 0 Å². The minimum Gasteiger partial charge on any atom is -0.497 e. The van der Waals surface area contributed by atoms with Gasteiger partial charge in [0.2, 0.25) is 0 Å². The van der Waals surface area contributed by atoms with Crippen LogP contribution >= 0.6 is 0 Å². The third-order valence-electron chi connectivity index (χ3n) is 3.35. The molecule has 0 fully saturated rings. The molecule has 1 unspecified atom stereocenters. The molecular weight excluding hydrogens is 236 g/mol. The molecule has 0 aliphatic heterocycles. The molecule has 0 amide bonds. The summed E-state index contributed by atoms with van der Waals surface area (Å²) in [5, 5.41) is 10.7. The number of hydrogen-bond acceptors (Lipinski definition) is 2. The molecule has 2 aromatic rings. The van der Waals surface area contributed by atoms with Crippen LogP contribution in [-0.2, 0) is 12.0 Å². The van der Waals surface area contributed by atoms with Gasteiger partial charge in [-0.3, -0.25) is 0 Å². The molecule has 19 heavy (non-hydrogen) atoms. The van der Waals surface area contributed by atoms with Crippen LogP contribution in [0.4, 0.5) is 0 Å². The average molecular weight is 256 g/mol. The van der Waals surface area contributed by atoms with E-state index in [1.54, 1.807) is 7.11 Å². The van der Waals surface area contributed by atoms with Gasteiger partial charge in [0.25, 0.3) is 0 Å². The zero-order valence-electron chi connectivity index (χ0n) is 11.7. The van der Waals surface area contributed by atoms with E-state index in [4.69, 9.17) is 4.74 Å². The van der Waals surface area contributed by atoms with Crippen LogP contribution in [0.15, 0.2) is 48.5 Å². The molecule has 1 atom stereocenters. The van der Waals surface area contributed by atoms with E-state index < -0.39 is 5.60 Å². The highest BCUT2D eigenvalue weighted by Crippen LogP contribution is 2.26. The van der Waals surface area contributed by atoms with Crippen molar-refractivity contribution in [2.45, 2.75) is 25.9 Å². The Bertz CT molecular complexity index is 541. The molecule has 0 aliphatic rings. The molecule has 0 bridgehead atoms. The lowest BCUT2D eigenvalue weighted by Gasteiger charge is -2.24. The Labute approximate surface area is 114 Å². The van der Waals surface area contributed by atoms with Crippen molar-refractivity contribution in [1.82, 2.24) is 0 Å². The van der Waals surface area contributed by atoms with Crippen LogP contribution in [-0.4, -0.2) is 12.2 Å². The summed E-state index contributed by atoms with van der Waals surface area (Å²) in [7, 11) is 1.65. The predicted molar refractivity (Wildman–Crippen MR) is 77.4 cm³/mol. The fourth-order valence-electron chi connectivity index (χ4n) is 2.22. The molecule has 0 saturated heterocycles. The van der Waals surface area contributed by atoms with Crippen LogP contribution in [0.2, 0.25) is 0 Å². The van der Waals surface area contributed by atoms with E-state index in [-0.39, 0.29) is 0 Å². The van der Waals surface area contributed by atoms with Crippen molar-refractivity contribution in [3.8, 4) is 5.75 Å². The van der Waals surface area contributed by atoms with Gasteiger partial charge in [0, 0.05) is 6.42 Å². The monoisotopic (exact) mass is 256 g/mol. The maximum atomic E-state index is 10.7. The second-order valence-corrected chi connectivity index (χ2v) is 5.17. The summed E-state index contributed by atoms with van der Waals surface area (Å²) >= 11 is 0. The van der Waals surface area contributed by atoms with Gasteiger partial charge in [0.1, 0.15) is 5.75 Å². The van der Waals surface area contributed by atoms with Gasteiger partial charge in [-0.25, -0.2) is 0 Å². The highest BCUT2D eigenvalue weighted by molar-refractivity contribution is 5.32. The molecule has 0 heterocycles. The van der Waals surface area contributed by atoms with E-state index in [0.29, 0.717) is 6.42 Å². The van der Waals surface area contributed by atoms with Crippen molar-refractivity contribution < 1.29 is 9.84 Å². The third kappa shape index (κ3) is 3.36. The van der Waals surface area contributed by atoms with Gasteiger partial charge in [0.05, 0.1) is 12.7 Å². The standard InChI is InChI=1S/C17H20O2/c1-13-5-4-6-15(11-13)17(2,18)12-14-7-9-16(19-3)10-8-14/h4-11,18H,12H2,1-3H3. The van der Waals surface area contributed by atoms with Gasteiger partial charge in [-0.1, -0.05) is 42.0 Å². The fraction of sp³-hybridized carbons (Fsp3) is 0.294. The lowest BCUT2D eigenvalue weighted by Crippen LogP contribution is -2.24. The highest BCUT2D eigenvalue weighted by atomic mass is 16.5. The first-order valence-corrected chi connectivity index (χ1v) is 6.44. The van der Waals surface area contributed by atoms with Crippen LogP contribution in [0.3, 0.4) is 0 Å². The molecule has 0 radical (unpaired) electrons. The second-order valence-electron chi connectivity index (χ2n) is 5.17. The molecule has 2 heteroatoms. The van der Waals surface area contributed by atoms with E-state index >= 15 is 0 Å². The quantitative estimate of drug-likeness (QED) is 0.907. The number of ether oxygens (including phenoxy) is 1. The lowest BCUT2D eigenvalue weighted by molar-refractivity contribution is 0.0575. The molecule has 0 aliphatic carbocycles. The minimum absolute atomic E-state index is 0.584. The van der Waals surface area contributed by atoms with E-state index in [9.17, 15) is 5.11 Å². The van der Waals surface area contributed by atoms with E-state index in [2.05, 4.69) is 0 Å². The normalized spacial score (nSPS) is 13.9. The lowest BCUT2D eigenvalue weighted by atomic mass is 9.88. The molecular formula is C17H20O2. The molecule has 2 aromatic carbocycles. The van der Waals surface area contributed by atoms with Gasteiger partial charge in [0.15, 0.2) is 0 Å². The smallest absolute Gasteiger partial charge is 0.118 e. The van der Waals surface area contributed by atoms with Crippen LogP contribution in [0.1, 0.15) is 23.6 Å². The zero-order chi connectivity index (χ0) is 13.9. The summed E-state index contributed by atoms with van der Waals surface area (Å²) < 4.78 is 5.14. The second kappa shape index (κ2) is 5.45. The zero-order valence-corrected chi connectivity index (χ0v) is 11.7. The van der Waals surface area contributed by atoms with Crippen molar-refractivity contribution >= 4 is 0 Å². The van der Waals surface area contributed by atoms with Gasteiger partial charge in [-0.05, 0) is 37.1 Å². The van der Waals surface area contributed by atoms with Crippen molar-refractivity contribution in [3.05, 3.63) is 65.2 Å². The summed E-state index contributed by atoms with van der Waals surface area (Å²) in [6, 6.07) is 15.8. The Morgan fingerprint density at radius 1 is 1.11 bits per heavy atom. The van der Waals surface area contributed by atoms with Gasteiger partial charge < -0.3 is 9.84 Å². The predicted octanol–water partition coefficient (Wildman–Crippen LogP) is 3.45. The van der Waals surface area contributed by atoms with E-state index in [0.717, 1.165) is 22.4 Å². The van der Waals surface area contributed by atoms with Crippen LogP contribution in [0.5, 0.6) is 5.75 Å². The molecule has 0 spiro atoms. The van der Waals surface area contributed by atoms with Gasteiger partial charge >= 0.3 is 0 Å². The van der Waals surface area contributed by atoms with E-state index in [1.807, 2.05) is 62.4 Å². The molecule has 2 nitrogen and oxygen atoms in total. The number of methoxy groups -OCH3 is 1. The summed E-state index contributed by atoms with van der Waals surface area (Å²) in [6.07, 6.45) is 0.584. The first-order valence-electron chi connectivity index (χ1n) is 6.44. The van der Waals surface area contributed by atoms with Gasteiger partial charge in [-0.15, -0.1) is 0 Å². The Morgan fingerprint density at radius 3 is 2.37 bits per heavy atom. The Hall–Kier alpha value is -1.80. The Balaban J connectivity index is 2.20. The number of rotatable bonds is 4. The van der Waals surface area contributed by atoms with Crippen molar-refractivity contribution in [2.75, 3.05) is 7.11 Å². The maximum Gasteiger partial charge on any atom is 0.118 e. The molecule has 100 valence electrons. The van der Waals surface area contributed by atoms with Crippen molar-refractivity contribution in [2.24, 2.45) is 0 Å². The fourth-order valence-corrected chi connectivity index (χ4v) is 2.22. The topological polar surface area (TPSA) is 29.5 Å². The molecule has 1 N–H and O–H groups in total. The minimum atomic E-state index is -0.861. The molecule has 2 rings (SSSR count). The van der Waals surface area contributed by atoms with Gasteiger partial charge in [-0.2, -0.15) is 0 Å². The number of aryl methyl sites for hydroxylation is 1. The summed E-state index contributed by atoms with van der Waals surface area (Å²) in [6.45, 7) is 3.89. The summed E-state index contributed by atoms with van der Waals surface area (Å²) in [4.78, 5) is 0. The van der Waals surface area contributed by atoms with Crippen LogP contribution in [0, 0.1) is 6.92 Å². The van der Waals surface area contributed by atoms with Crippen molar-refractivity contribution in [3.63, 3.8) is 0 Å². The molecule has 0 aromatic heterocycles. The largest absolute Gasteiger partial charge is 0.497 e. The summed E-state index contributed by atoms with van der Waals surface area (Å²) in [5.74, 6) is 0.832. The highest BCUT2D eigenvalue weighted by Gasteiger charge is 2.23. The Kier molecular flexibility index (Phi) is 3.91. The van der Waals surface area contributed by atoms with Crippen molar-refractivity contribution in [1.29, 1.82) is 0 Å². The first-order chi connectivity index (χ1) is 9.01. The first kappa shape index (κ1) is 13.6. The third-order valence-corrected chi connectivity index (χ3v) is 3.35. The number of benzene rings is 2. The molecule has 0 saturated carbocycles. The van der Waals surface area contributed by atoms with E-state index in [1.165, 1.54) is 0 Å². The maximum absolute atomic E-state index is 10.7. The SMILES string of the molecule is COc1ccc(CC(C)(O)c2cccc(C)c2)cc1. The number of hydrogen-bond donors (Lipinski definition) is 1. The Morgan fingerprint density at radius 2 is 1.79 bits per heavy atom. The number of aliphatic hydroxyl groups is 1. The van der Waals surface area contributed by atoms with Crippen LogP contribution < -0.4 is 4.74 Å². The average Bonchev–Trinajstić information content (AvgIpc) is 2.39. The summed E-state index contributed by atoms with van der Waals surface area (Å²) in [5.41, 5.74) is 2.34.